The van der Waals surface area contributed by atoms with Gasteiger partial charge in [-0.15, -0.1) is 0 Å². The Kier molecular flexibility index (Phi) is 7.47. The van der Waals surface area contributed by atoms with Crippen molar-refractivity contribution in [1.82, 2.24) is 4.98 Å². The normalized spacial score (nSPS) is 11.9. The third kappa shape index (κ3) is 5.35. The van der Waals surface area contributed by atoms with Gasteiger partial charge in [-0.25, -0.2) is 4.98 Å². The maximum absolute atomic E-state index is 7.06. The van der Waals surface area contributed by atoms with Crippen molar-refractivity contribution in [2.75, 3.05) is 9.80 Å². The summed E-state index contributed by atoms with van der Waals surface area (Å²) < 4.78 is 26.2. The molecule has 0 saturated heterocycles. The molecule has 0 aliphatic carbocycles. The average Bonchev–Trinajstić information content (AvgIpc) is 4.11. The molecule has 4 aromatic heterocycles. The summed E-state index contributed by atoms with van der Waals surface area (Å²) in [7, 11) is 0. The molecule has 7 heteroatoms. The van der Waals surface area contributed by atoms with Crippen molar-refractivity contribution in [2.24, 2.45) is 0 Å². The standard InChI is InChI=1S/C55H33N3O4/c1-3-14-34(15-4-1)57(36-27-29-50-44(30-36)40-19-8-11-23-48(40)59-50)38-31-45-54(62-55(56-45)43-21-13-25-51-53(43)42-20-9-12-24-49(42)60-51)46(32-38)58(35-16-5-2-6-17-35)37-26-28-41-39-18-7-10-22-47(39)61-52(41)33-37/h1-33H. The van der Waals surface area contributed by atoms with Crippen molar-refractivity contribution < 1.29 is 17.7 Å². The molecule has 0 saturated carbocycles. The van der Waals surface area contributed by atoms with Gasteiger partial charge in [0.15, 0.2) is 5.58 Å². The van der Waals surface area contributed by atoms with Gasteiger partial charge >= 0.3 is 0 Å². The molecule has 0 N–H and O–H groups in total. The zero-order valence-electron chi connectivity index (χ0n) is 33.0. The molecular weight excluding hydrogens is 767 g/mol. The highest BCUT2D eigenvalue weighted by Gasteiger charge is 2.26. The van der Waals surface area contributed by atoms with Gasteiger partial charge in [0.2, 0.25) is 5.89 Å². The lowest BCUT2D eigenvalue weighted by Crippen LogP contribution is -2.13. The third-order valence-corrected chi connectivity index (χ3v) is 11.9. The first-order valence-corrected chi connectivity index (χ1v) is 20.6. The molecule has 9 aromatic carbocycles. The quantitative estimate of drug-likeness (QED) is 0.159. The molecule has 4 heterocycles. The number of para-hydroxylation sites is 5. The molecule has 0 unspecified atom stereocenters. The van der Waals surface area contributed by atoms with Gasteiger partial charge in [0.05, 0.1) is 17.1 Å². The van der Waals surface area contributed by atoms with Gasteiger partial charge in [-0.3, -0.25) is 0 Å². The number of hydrogen-bond acceptors (Lipinski definition) is 7. The van der Waals surface area contributed by atoms with Crippen LogP contribution in [0.25, 0.3) is 88.4 Å². The van der Waals surface area contributed by atoms with E-state index in [2.05, 4.69) is 137 Å². The summed E-state index contributed by atoms with van der Waals surface area (Å²) in [6.07, 6.45) is 0. The molecule has 0 fully saturated rings. The van der Waals surface area contributed by atoms with E-state index >= 15 is 0 Å². The Bertz CT molecular complexity index is 3840. The van der Waals surface area contributed by atoms with Crippen molar-refractivity contribution >= 4 is 111 Å². The van der Waals surface area contributed by atoms with E-state index in [0.29, 0.717) is 17.0 Å². The summed E-state index contributed by atoms with van der Waals surface area (Å²) >= 11 is 0. The van der Waals surface area contributed by atoms with Gasteiger partial charge in [0.25, 0.3) is 0 Å². The van der Waals surface area contributed by atoms with Crippen LogP contribution in [0.2, 0.25) is 0 Å². The Morgan fingerprint density at radius 2 is 0.871 bits per heavy atom. The largest absolute Gasteiger partial charge is 0.456 e. The summed E-state index contributed by atoms with van der Waals surface area (Å²) in [5.41, 5.74) is 12.6. The van der Waals surface area contributed by atoms with E-state index in [1.807, 2.05) is 72.8 Å². The van der Waals surface area contributed by atoms with E-state index in [0.717, 1.165) is 106 Å². The van der Waals surface area contributed by atoms with Crippen LogP contribution in [0.15, 0.2) is 218 Å². The molecule has 0 aliphatic heterocycles. The zero-order valence-corrected chi connectivity index (χ0v) is 33.0. The van der Waals surface area contributed by atoms with Crippen LogP contribution in [0.5, 0.6) is 0 Å². The van der Waals surface area contributed by atoms with Gasteiger partial charge in [-0.05, 0) is 97.1 Å². The van der Waals surface area contributed by atoms with Gasteiger partial charge < -0.3 is 27.5 Å². The lowest BCUT2D eigenvalue weighted by molar-refractivity contribution is 0.620. The van der Waals surface area contributed by atoms with Crippen LogP contribution in [0, 0.1) is 0 Å². The highest BCUT2D eigenvalue weighted by atomic mass is 16.4. The van der Waals surface area contributed by atoms with E-state index in [-0.39, 0.29) is 0 Å². The monoisotopic (exact) mass is 799 g/mol. The van der Waals surface area contributed by atoms with E-state index < -0.39 is 0 Å². The number of hydrogen-bond donors (Lipinski definition) is 0. The predicted molar refractivity (Wildman–Crippen MR) is 251 cm³/mol. The second-order valence-corrected chi connectivity index (χ2v) is 15.5. The minimum absolute atomic E-state index is 0.494. The molecule has 0 amide bonds. The highest BCUT2D eigenvalue weighted by Crippen LogP contribution is 2.48. The number of oxazole rings is 1. The predicted octanol–water partition coefficient (Wildman–Crippen LogP) is 16.1. The van der Waals surface area contributed by atoms with E-state index in [4.69, 9.17) is 22.7 Å². The van der Waals surface area contributed by atoms with Crippen molar-refractivity contribution in [2.45, 2.75) is 0 Å². The first-order valence-electron chi connectivity index (χ1n) is 20.6. The van der Waals surface area contributed by atoms with Crippen molar-refractivity contribution in [3.63, 3.8) is 0 Å². The SMILES string of the molecule is c1ccc(N(c2cc(N(c3ccccc3)c3ccc4c(c3)oc3ccccc34)c3oc(-c4cccc5oc6ccccc6c45)nc3c2)c2ccc3oc4ccccc4c3c2)cc1. The van der Waals surface area contributed by atoms with Crippen LogP contribution in [0.4, 0.5) is 34.1 Å². The smallest absolute Gasteiger partial charge is 0.228 e. The topological polar surface area (TPSA) is 71.9 Å². The zero-order chi connectivity index (χ0) is 40.7. The molecular formula is C55H33N3O4. The molecule has 0 radical (unpaired) electrons. The van der Waals surface area contributed by atoms with Gasteiger partial charge in [-0.1, -0.05) is 97.1 Å². The minimum Gasteiger partial charge on any atom is -0.456 e. The second-order valence-electron chi connectivity index (χ2n) is 15.5. The molecule has 13 rings (SSSR count). The van der Waals surface area contributed by atoms with Crippen LogP contribution in [0.3, 0.4) is 0 Å². The molecule has 0 bridgehead atoms. The highest BCUT2D eigenvalue weighted by molar-refractivity contribution is 6.13. The second kappa shape index (κ2) is 13.5. The first-order chi connectivity index (χ1) is 30.7. The van der Waals surface area contributed by atoms with E-state index in [1.165, 1.54) is 0 Å². The molecule has 0 atom stereocenters. The Labute approximate surface area is 353 Å². The Balaban J connectivity index is 1.10. The van der Waals surface area contributed by atoms with Crippen molar-refractivity contribution in [3.8, 4) is 11.5 Å². The molecule has 292 valence electrons. The lowest BCUT2D eigenvalue weighted by atomic mass is 10.1. The Morgan fingerprint density at radius 1 is 0.323 bits per heavy atom. The van der Waals surface area contributed by atoms with Crippen molar-refractivity contribution in [1.29, 1.82) is 0 Å². The maximum Gasteiger partial charge on any atom is 0.228 e. The van der Waals surface area contributed by atoms with E-state index in [1.54, 1.807) is 0 Å². The van der Waals surface area contributed by atoms with Gasteiger partial charge in [0, 0.05) is 61.0 Å². The van der Waals surface area contributed by atoms with Gasteiger partial charge in [0.1, 0.15) is 39.0 Å². The summed E-state index contributed by atoms with van der Waals surface area (Å²) in [6.45, 7) is 0. The molecule has 7 nitrogen and oxygen atoms in total. The fourth-order valence-corrected chi connectivity index (χ4v) is 9.10. The number of furan rings is 3. The summed E-state index contributed by atoms with van der Waals surface area (Å²) in [4.78, 5) is 9.85. The summed E-state index contributed by atoms with van der Waals surface area (Å²) in [6, 6.07) is 68.4. The fourth-order valence-electron chi connectivity index (χ4n) is 9.10. The molecule has 0 aliphatic rings. The van der Waals surface area contributed by atoms with Crippen LogP contribution >= 0.6 is 0 Å². The first kappa shape index (κ1) is 34.3. The fraction of sp³-hybridized carbons (Fsp3) is 0. The van der Waals surface area contributed by atoms with Gasteiger partial charge in [-0.2, -0.15) is 0 Å². The van der Waals surface area contributed by atoms with Crippen LogP contribution in [-0.4, -0.2) is 4.98 Å². The number of anilines is 6. The number of rotatable bonds is 7. The minimum atomic E-state index is 0.494. The lowest BCUT2D eigenvalue weighted by Gasteiger charge is -2.29. The van der Waals surface area contributed by atoms with Crippen LogP contribution in [0.1, 0.15) is 0 Å². The summed E-state index contributed by atoms with van der Waals surface area (Å²) in [5.74, 6) is 0.494. The number of aromatic nitrogens is 1. The number of benzene rings is 9. The number of nitrogens with zero attached hydrogens (tertiary/aromatic N) is 3. The maximum atomic E-state index is 7.06. The summed E-state index contributed by atoms with van der Waals surface area (Å²) in [5, 5.41) is 6.19. The average molecular weight is 800 g/mol. The van der Waals surface area contributed by atoms with Crippen LogP contribution < -0.4 is 9.80 Å². The molecule has 0 spiro atoms. The number of fused-ring (bicyclic) bond motifs is 10. The third-order valence-electron chi connectivity index (χ3n) is 11.9. The van der Waals surface area contributed by atoms with Crippen molar-refractivity contribution in [3.05, 3.63) is 200 Å². The van der Waals surface area contributed by atoms with Crippen LogP contribution in [-0.2, 0) is 0 Å². The molecule has 62 heavy (non-hydrogen) atoms. The Morgan fingerprint density at radius 3 is 1.63 bits per heavy atom. The molecule has 13 aromatic rings. The Hall–Kier alpha value is -8.55. The van der Waals surface area contributed by atoms with E-state index in [9.17, 15) is 0 Å².